The average molecular weight is 334 g/mol. The third-order valence-corrected chi connectivity index (χ3v) is 4.93. The summed E-state index contributed by atoms with van der Waals surface area (Å²) in [7, 11) is 1.64. The van der Waals surface area contributed by atoms with E-state index in [1.54, 1.807) is 13.1 Å². The van der Waals surface area contributed by atoms with Crippen LogP contribution in [0.1, 0.15) is 34.7 Å². The van der Waals surface area contributed by atoms with Gasteiger partial charge in [-0.2, -0.15) is 5.10 Å². The van der Waals surface area contributed by atoms with Gasteiger partial charge in [-0.25, -0.2) is 4.68 Å². The van der Waals surface area contributed by atoms with Crippen molar-refractivity contribution >= 4 is 16.8 Å². The molecule has 1 aliphatic rings. The van der Waals surface area contributed by atoms with Crippen molar-refractivity contribution in [3.63, 3.8) is 0 Å². The number of nitrogens with one attached hydrogen (secondary N) is 2. The minimum atomic E-state index is -0.115. The minimum Gasteiger partial charge on any atom is -0.355 e. The first-order valence-electron chi connectivity index (χ1n) is 8.78. The molecule has 4 rings (SSSR count). The van der Waals surface area contributed by atoms with Crippen LogP contribution in [0.3, 0.4) is 0 Å². The number of rotatable bonds is 3. The Kier molecular flexibility index (Phi) is 4.24. The smallest absolute Gasteiger partial charge is 0.253 e. The van der Waals surface area contributed by atoms with Gasteiger partial charge in [0.15, 0.2) is 0 Å². The lowest BCUT2D eigenvalue weighted by Crippen LogP contribution is -2.28. The number of hydrogen-bond donors (Lipinski definition) is 2. The van der Waals surface area contributed by atoms with Gasteiger partial charge in [0.2, 0.25) is 0 Å². The highest BCUT2D eigenvalue weighted by molar-refractivity contribution is 6.05. The Labute approximate surface area is 147 Å². The van der Waals surface area contributed by atoms with Crippen LogP contribution in [-0.2, 0) is 0 Å². The molecular formula is C20H22N4O. The van der Waals surface area contributed by atoms with Crippen LogP contribution in [-0.4, -0.2) is 35.8 Å². The van der Waals surface area contributed by atoms with Gasteiger partial charge in [0.1, 0.15) is 5.52 Å². The summed E-state index contributed by atoms with van der Waals surface area (Å²) in [4.78, 5) is 12.0. The Morgan fingerprint density at radius 2 is 2.08 bits per heavy atom. The Bertz CT molecular complexity index is 892. The molecule has 0 saturated carbocycles. The maximum absolute atomic E-state index is 12.0. The normalized spacial score (nSPS) is 17.6. The van der Waals surface area contributed by atoms with Gasteiger partial charge >= 0.3 is 0 Å². The summed E-state index contributed by atoms with van der Waals surface area (Å²) in [6, 6.07) is 14.3. The number of nitrogens with zero attached hydrogens (tertiary/aromatic N) is 2. The zero-order chi connectivity index (χ0) is 17.2. The second-order valence-corrected chi connectivity index (χ2v) is 6.53. The molecule has 2 heterocycles. The van der Waals surface area contributed by atoms with Gasteiger partial charge in [0, 0.05) is 25.2 Å². The van der Waals surface area contributed by atoms with Crippen LogP contribution in [0.25, 0.3) is 16.6 Å². The summed E-state index contributed by atoms with van der Waals surface area (Å²) < 4.78 is 1.85. The second-order valence-electron chi connectivity index (χ2n) is 6.53. The van der Waals surface area contributed by atoms with E-state index in [2.05, 4.69) is 40.0 Å². The van der Waals surface area contributed by atoms with Crippen LogP contribution < -0.4 is 10.6 Å². The van der Waals surface area contributed by atoms with E-state index in [-0.39, 0.29) is 5.91 Å². The number of amides is 1. The van der Waals surface area contributed by atoms with E-state index < -0.39 is 0 Å². The highest BCUT2D eigenvalue weighted by Crippen LogP contribution is 2.25. The van der Waals surface area contributed by atoms with Crippen molar-refractivity contribution in [1.29, 1.82) is 0 Å². The average Bonchev–Trinajstić information content (AvgIpc) is 3.12. The van der Waals surface area contributed by atoms with E-state index in [9.17, 15) is 4.79 Å². The Morgan fingerprint density at radius 3 is 2.80 bits per heavy atom. The van der Waals surface area contributed by atoms with Gasteiger partial charge in [-0.05, 0) is 49.1 Å². The van der Waals surface area contributed by atoms with E-state index in [1.807, 2.05) is 23.0 Å². The molecule has 2 N–H and O–H groups in total. The molecule has 3 aromatic rings. The van der Waals surface area contributed by atoms with Crippen molar-refractivity contribution in [1.82, 2.24) is 20.4 Å². The van der Waals surface area contributed by atoms with Crippen LogP contribution in [0, 0.1) is 0 Å². The first-order chi connectivity index (χ1) is 12.3. The van der Waals surface area contributed by atoms with Crippen LogP contribution >= 0.6 is 0 Å². The molecule has 1 atom stereocenters. The highest BCUT2D eigenvalue weighted by Gasteiger charge is 2.16. The van der Waals surface area contributed by atoms with Crippen LogP contribution in [0.5, 0.6) is 0 Å². The fraction of sp³-hybridized carbons (Fsp3) is 0.300. The van der Waals surface area contributed by atoms with E-state index in [0.717, 1.165) is 29.7 Å². The number of piperidine rings is 1. The van der Waals surface area contributed by atoms with Gasteiger partial charge in [-0.15, -0.1) is 0 Å². The standard InChI is InChI=1S/C20H22N4O/c1-21-20(25)18-6-2-4-16-13-24(23-19(16)18)17-9-7-14(8-10-17)15-5-3-11-22-12-15/h2,4,6-10,13,15,22H,3,5,11-12H2,1H3,(H,21,25). The topological polar surface area (TPSA) is 59.0 Å². The van der Waals surface area contributed by atoms with Crippen molar-refractivity contribution in [2.45, 2.75) is 18.8 Å². The van der Waals surface area contributed by atoms with Crippen molar-refractivity contribution in [3.8, 4) is 5.69 Å². The van der Waals surface area contributed by atoms with Crippen LogP contribution in [0.4, 0.5) is 0 Å². The molecule has 0 radical (unpaired) electrons. The molecule has 0 spiro atoms. The zero-order valence-electron chi connectivity index (χ0n) is 14.3. The summed E-state index contributed by atoms with van der Waals surface area (Å²) in [5.74, 6) is 0.482. The molecule has 1 fully saturated rings. The van der Waals surface area contributed by atoms with E-state index >= 15 is 0 Å². The predicted octanol–water partition coefficient (Wildman–Crippen LogP) is 2.85. The Hall–Kier alpha value is -2.66. The minimum absolute atomic E-state index is 0.115. The van der Waals surface area contributed by atoms with E-state index in [4.69, 9.17) is 0 Å². The molecule has 0 bridgehead atoms. The fourth-order valence-electron chi connectivity index (χ4n) is 3.53. The summed E-state index contributed by atoms with van der Waals surface area (Å²) >= 11 is 0. The molecule has 5 heteroatoms. The quantitative estimate of drug-likeness (QED) is 0.774. The highest BCUT2D eigenvalue weighted by atomic mass is 16.1. The number of aromatic nitrogens is 2. The number of benzene rings is 2. The SMILES string of the molecule is CNC(=O)c1cccc2cn(-c3ccc(C4CCCNC4)cc3)nc12. The number of fused-ring (bicyclic) bond motifs is 1. The molecule has 1 aliphatic heterocycles. The van der Waals surface area contributed by atoms with Gasteiger partial charge in [-0.3, -0.25) is 4.79 Å². The van der Waals surface area contributed by atoms with Crippen molar-refractivity contribution < 1.29 is 4.79 Å². The Balaban J connectivity index is 1.66. The lowest BCUT2D eigenvalue weighted by atomic mass is 9.92. The summed E-state index contributed by atoms with van der Waals surface area (Å²) in [5.41, 5.74) is 3.70. The van der Waals surface area contributed by atoms with Gasteiger partial charge in [-0.1, -0.05) is 24.3 Å². The summed E-state index contributed by atoms with van der Waals surface area (Å²) in [6.45, 7) is 2.18. The second kappa shape index (κ2) is 6.69. The molecule has 25 heavy (non-hydrogen) atoms. The first-order valence-corrected chi connectivity index (χ1v) is 8.78. The molecule has 1 amide bonds. The van der Waals surface area contributed by atoms with Crippen molar-refractivity contribution in [3.05, 3.63) is 59.8 Å². The maximum atomic E-state index is 12.0. The van der Waals surface area contributed by atoms with Crippen LogP contribution in [0.2, 0.25) is 0 Å². The third kappa shape index (κ3) is 3.03. The zero-order valence-corrected chi connectivity index (χ0v) is 14.3. The molecule has 128 valence electrons. The number of carbonyl (C=O) groups excluding carboxylic acids is 1. The maximum Gasteiger partial charge on any atom is 0.253 e. The van der Waals surface area contributed by atoms with Crippen molar-refractivity contribution in [2.75, 3.05) is 20.1 Å². The number of hydrogen-bond acceptors (Lipinski definition) is 3. The van der Waals surface area contributed by atoms with Gasteiger partial charge in [0.05, 0.1) is 11.3 Å². The largest absolute Gasteiger partial charge is 0.355 e. The first kappa shape index (κ1) is 15.8. The molecule has 0 aliphatic carbocycles. The lowest BCUT2D eigenvalue weighted by Gasteiger charge is -2.23. The molecule has 1 aromatic heterocycles. The molecule has 1 saturated heterocycles. The molecule has 2 aromatic carbocycles. The van der Waals surface area contributed by atoms with E-state index in [1.165, 1.54) is 18.4 Å². The molecule has 1 unspecified atom stereocenters. The summed E-state index contributed by atoms with van der Waals surface area (Å²) in [5, 5.41) is 11.7. The van der Waals surface area contributed by atoms with Crippen LogP contribution in [0.15, 0.2) is 48.7 Å². The third-order valence-electron chi connectivity index (χ3n) is 4.93. The van der Waals surface area contributed by atoms with E-state index in [0.29, 0.717) is 11.5 Å². The summed E-state index contributed by atoms with van der Waals surface area (Å²) in [6.07, 6.45) is 4.45. The van der Waals surface area contributed by atoms with Gasteiger partial charge in [0.25, 0.3) is 5.91 Å². The fourth-order valence-corrected chi connectivity index (χ4v) is 3.53. The molecular weight excluding hydrogens is 312 g/mol. The number of carbonyl (C=O) groups is 1. The Morgan fingerprint density at radius 1 is 1.24 bits per heavy atom. The lowest BCUT2D eigenvalue weighted by molar-refractivity contribution is 0.0964. The monoisotopic (exact) mass is 334 g/mol. The van der Waals surface area contributed by atoms with Gasteiger partial charge < -0.3 is 10.6 Å². The molecule has 5 nitrogen and oxygen atoms in total. The predicted molar refractivity (Wildman–Crippen MR) is 99.3 cm³/mol. The van der Waals surface area contributed by atoms with Crippen molar-refractivity contribution in [2.24, 2.45) is 0 Å².